The molecule has 0 bridgehead atoms. The smallest absolute Gasteiger partial charge is 0.138 e. The molecule has 0 radical (unpaired) electrons. The van der Waals surface area contributed by atoms with E-state index in [0.717, 1.165) is 44.8 Å². The molecule has 1 fully saturated rings. The number of hydrogen-bond acceptors (Lipinski definition) is 3. The monoisotopic (exact) mass is 263 g/mol. The second-order valence-corrected chi connectivity index (χ2v) is 4.52. The Morgan fingerprint density at radius 3 is 3.05 bits per heavy atom. The maximum absolute atomic E-state index is 13.5. The van der Waals surface area contributed by atoms with E-state index in [-0.39, 0.29) is 12.4 Å². The van der Waals surface area contributed by atoms with E-state index < -0.39 is 0 Å². The summed E-state index contributed by atoms with van der Waals surface area (Å²) in [6.45, 7) is 3.97. The van der Waals surface area contributed by atoms with Gasteiger partial charge in [0.15, 0.2) is 0 Å². The molecule has 2 rings (SSSR count). The zero-order chi connectivity index (χ0) is 13.5. The van der Waals surface area contributed by atoms with Gasteiger partial charge in [0.2, 0.25) is 0 Å². The van der Waals surface area contributed by atoms with Crippen LogP contribution in [0.25, 0.3) is 0 Å². The van der Waals surface area contributed by atoms with Crippen LogP contribution in [0.4, 0.5) is 4.39 Å². The van der Waals surface area contributed by atoms with Crippen LogP contribution >= 0.6 is 0 Å². The first kappa shape index (κ1) is 14.0. The Morgan fingerprint density at radius 2 is 2.21 bits per heavy atom. The van der Waals surface area contributed by atoms with Crippen LogP contribution in [-0.2, 0) is 11.3 Å². The fourth-order valence-corrected chi connectivity index (χ4v) is 2.12. The quantitative estimate of drug-likeness (QED) is 0.819. The van der Waals surface area contributed by atoms with Gasteiger partial charge >= 0.3 is 0 Å². The minimum absolute atomic E-state index is 0.257. The molecular weight excluding hydrogens is 245 g/mol. The molecule has 0 aliphatic carbocycles. The highest BCUT2D eigenvalue weighted by Gasteiger charge is 2.10. The maximum atomic E-state index is 13.5. The van der Waals surface area contributed by atoms with Crippen LogP contribution < -0.4 is 0 Å². The minimum Gasteiger partial charge on any atom is -0.384 e. The number of hydrogen-bond donors (Lipinski definition) is 1. The molecule has 0 amide bonds. The van der Waals surface area contributed by atoms with E-state index in [1.165, 1.54) is 6.07 Å². The summed E-state index contributed by atoms with van der Waals surface area (Å²) in [7, 11) is 0. The number of halogens is 1. The Balaban J connectivity index is 2.07. The van der Waals surface area contributed by atoms with Crippen LogP contribution in [0.15, 0.2) is 18.2 Å². The van der Waals surface area contributed by atoms with Gasteiger partial charge in [-0.3, -0.25) is 4.90 Å². The highest BCUT2D eigenvalue weighted by molar-refractivity contribution is 5.38. The van der Waals surface area contributed by atoms with Crippen molar-refractivity contribution in [2.75, 3.05) is 32.9 Å². The van der Waals surface area contributed by atoms with Gasteiger partial charge in [0.05, 0.1) is 12.2 Å². The molecule has 1 aliphatic rings. The maximum Gasteiger partial charge on any atom is 0.138 e. The van der Waals surface area contributed by atoms with E-state index in [1.807, 2.05) is 0 Å². The zero-order valence-corrected chi connectivity index (χ0v) is 10.9. The van der Waals surface area contributed by atoms with E-state index in [2.05, 4.69) is 16.7 Å². The van der Waals surface area contributed by atoms with Gasteiger partial charge in [0.25, 0.3) is 0 Å². The van der Waals surface area contributed by atoms with Gasteiger partial charge in [-0.05, 0) is 24.1 Å². The summed E-state index contributed by atoms with van der Waals surface area (Å²) in [4.78, 5) is 2.30. The van der Waals surface area contributed by atoms with Crippen molar-refractivity contribution in [2.24, 2.45) is 0 Å². The van der Waals surface area contributed by atoms with Crippen LogP contribution in [0.3, 0.4) is 0 Å². The van der Waals surface area contributed by atoms with Crippen molar-refractivity contribution in [3.8, 4) is 11.8 Å². The normalized spacial score (nSPS) is 16.5. The van der Waals surface area contributed by atoms with Gasteiger partial charge in [-0.25, -0.2) is 4.39 Å². The molecule has 1 aliphatic heterocycles. The lowest BCUT2D eigenvalue weighted by Crippen LogP contribution is -2.25. The van der Waals surface area contributed by atoms with Crippen molar-refractivity contribution < 1.29 is 14.2 Å². The summed E-state index contributed by atoms with van der Waals surface area (Å²) < 4.78 is 18.9. The largest absolute Gasteiger partial charge is 0.384 e. The van der Waals surface area contributed by atoms with Crippen LogP contribution in [0.1, 0.15) is 17.5 Å². The lowest BCUT2D eigenvalue weighted by atomic mass is 10.1. The van der Waals surface area contributed by atoms with Crippen molar-refractivity contribution >= 4 is 0 Å². The molecule has 1 aromatic carbocycles. The van der Waals surface area contributed by atoms with E-state index in [1.54, 1.807) is 12.1 Å². The second kappa shape index (κ2) is 7.25. The van der Waals surface area contributed by atoms with Crippen molar-refractivity contribution in [3.05, 3.63) is 35.1 Å². The Hall–Kier alpha value is -1.41. The molecule has 1 heterocycles. The molecule has 1 saturated heterocycles. The Morgan fingerprint density at radius 1 is 1.32 bits per heavy atom. The Labute approximate surface area is 113 Å². The molecule has 0 spiro atoms. The number of nitrogens with zero attached hydrogens (tertiary/aromatic N) is 1. The van der Waals surface area contributed by atoms with Crippen molar-refractivity contribution in [3.63, 3.8) is 0 Å². The summed E-state index contributed by atoms with van der Waals surface area (Å²) in [6, 6.07) is 4.97. The van der Waals surface area contributed by atoms with Crippen molar-refractivity contribution in [2.45, 2.75) is 13.0 Å². The highest BCUT2D eigenvalue weighted by atomic mass is 19.1. The fraction of sp³-hybridized carbons (Fsp3) is 0.467. The fourth-order valence-electron chi connectivity index (χ4n) is 2.12. The molecule has 102 valence electrons. The standard InChI is InChI=1S/C15H18FNO2/c16-15-5-4-13(11-14(15)3-1-8-18)12-17-6-2-9-19-10-7-17/h4-5,11,18H,2,6-10,12H2. The van der Waals surface area contributed by atoms with Gasteiger partial charge in [-0.15, -0.1) is 0 Å². The summed E-state index contributed by atoms with van der Waals surface area (Å²) >= 11 is 0. The number of aliphatic hydroxyl groups is 1. The zero-order valence-electron chi connectivity index (χ0n) is 10.9. The molecule has 19 heavy (non-hydrogen) atoms. The first-order chi connectivity index (χ1) is 9.29. The molecule has 0 unspecified atom stereocenters. The molecule has 0 aromatic heterocycles. The summed E-state index contributed by atoms with van der Waals surface area (Å²) in [5.41, 5.74) is 1.38. The summed E-state index contributed by atoms with van der Waals surface area (Å²) in [5, 5.41) is 8.66. The Bertz CT molecular complexity index is 471. The summed E-state index contributed by atoms with van der Waals surface area (Å²) in [5.74, 6) is 4.77. The molecule has 0 atom stereocenters. The first-order valence-electron chi connectivity index (χ1n) is 6.48. The van der Waals surface area contributed by atoms with E-state index in [4.69, 9.17) is 9.84 Å². The third-order valence-corrected chi connectivity index (χ3v) is 3.05. The van der Waals surface area contributed by atoms with E-state index in [9.17, 15) is 4.39 Å². The molecule has 4 heteroatoms. The average Bonchev–Trinajstić information content (AvgIpc) is 2.68. The van der Waals surface area contributed by atoms with Crippen molar-refractivity contribution in [1.29, 1.82) is 0 Å². The molecule has 3 nitrogen and oxygen atoms in total. The van der Waals surface area contributed by atoms with Crippen LogP contribution in [0, 0.1) is 17.7 Å². The first-order valence-corrected chi connectivity index (χ1v) is 6.48. The average molecular weight is 263 g/mol. The van der Waals surface area contributed by atoms with Gasteiger partial charge in [0.1, 0.15) is 12.4 Å². The third kappa shape index (κ3) is 4.32. The number of ether oxygens (including phenoxy) is 1. The van der Waals surface area contributed by atoms with E-state index in [0.29, 0.717) is 5.56 Å². The predicted octanol–water partition coefficient (Wildman–Crippen LogP) is 1.39. The summed E-state index contributed by atoms with van der Waals surface area (Å²) in [6.07, 6.45) is 1.03. The lowest BCUT2D eigenvalue weighted by molar-refractivity contribution is 0.140. The third-order valence-electron chi connectivity index (χ3n) is 3.05. The van der Waals surface area contributed by atoms with Gasteiger partial charge in [0, 0.05) is 26.2 Å². The van der Waals surface area contributed by atoms with Gasteiger partial charge in [-0.2, -0.15) is 0 Å². The number of aliphatic hydroxyl groups excluding tert-OH is 1. The predicted molar refractivity (Wildman–Crippen MR) is 71.1 cm³/mol. The van der Waals surface area contributed by atoms with Crippen LogP contribution in [0.2, 0.25) is 0 Å². The topological polar surface area (TPSA) is 32.7 Å². The lowest BCUT2D eigenvalue weighted by Gasteiger charge is -2.19. The van der Waals surface area contributed by atoms with Crippen molar-refractivity contribution in [1.82, 2.24) is 4.90 Å². The number of benzene rings is 1. The highest BCUT2D eigenvalue weighted by Crippen LogP contribution is 2.13. The number of rotatable bonds is 2. The van der Waals surface area contributed by atoms with Gasteiger partial charge < -0.3 is 9.84 Å². The molecule has 0 saturated carbocycles. The SMILES string of the molecule is OCC#Cc1cc(CN2CCCOCC2)ccc1F. The van der Waals surface area contributed by atoms with Gasteiger partial charge in [-0.1, -0.05) is 17.9 Å². The second-order valence-electron chi connectivity index (χ2n) is 4.52. The van der Waals surface area contributed by atoms with Crippen LogP contribution in [0.5, 0.6) is 0 Å². The van der Waals surface area contributed by atoms with E-state index >= 15 is 0 Å². The van der Waals surface area contributed by atoms with Crippen LogP contribution in [-0.4, -0.2) is 42.9 Å². The molecular formula is C15H18FNO2. The molecule has 1 aromatic rings. The molecule has 1 N–H and O–H groups in total. The minimum atomic E-state index is -0.344. The Kier molecular flexibility index (Phi) is 5.34.